The first-order valence-corrected chi connectivity index (χ1v) is 11.1. The molecule has 7 nitrogen and oxygen atoms in total. The molecular formula is C18H34O7S. The van der Waals surface area contributed by atoms with Crippen molar-refractivity contribution in [3.63, 3.8) is 0 Å². The third-order valence-electron chi connectivity index (χ3n) is 3.98. The number of ether oxygens (including phenoxy) is 2. The van der Waals surface area contributed by atoms with Crippen molar-refractivity contribution in [3.8, 4) is 0 Å². The van der Waals surface area contributed by atoms with E-state index < -0.39 is 33.7 Å². The fourth-order valence-electron chi connectivity index (χ4n) is 2.35. The molecule has 0 aromatic heterocycles. The minimum Gasteiger partial charge on any atom is -0.466 e. The Morgan fingerprint density at radius 1 is 0.808 bits per heavy atom. The molecule has 0 amide bonds. The zero-order valence-electron chi connectivity index (χ0n) is 16.1. The van der Waals surface area contributed by atoms with Crippen molar-refractivity contribution in [1.29, 1.82) is 0 Å². The first-order valence-electron chi connectivity index (χ1n) is 9.61. The molecule has 154 valence electrons. The molecule has 0 rings (SSSR count). The van der Waals surface area contributed by atoms with E-state index in [-0.39, 0.29) is 13.2 Å². The molecule has 0 aliphatic heterocycles. The molecule has 0 radical (unpaired) electrons. The average Bonchev–Trinajstić information content (AvgIpc) is 2.57. The van der Waals surface area contributed by atoms with E-state index in [2.05, 4.69) is 6.92 Å². The van der Waals surface area contributed by atoms with Crippen LogP contribution in [-0.2, 0) is 29.2 Å². The second kappa shape index (κ2) is 15.0. The molecule has 0 fully saturated rings. The normalized spacial score (nSPS) is 12.6. The summed E-state index contributed by atoms with van der Waals surface area (Å²) in [5.41, 5.74) is 0. The number of carbonyl (C=O) groups is 2. The molecule has 0 aromatic rings. The Bertz CT molecular complexity index is 488. The minimum atomic E-state index is -4.72. The number of esters is 2. The van der Waals surface area contributed by atoms with Crippen LogP contribution in [-0.4, -0.2) is 43.4 Å². The van der Waals surface area contributed by atoms with E-state index in [0.29, 0.717) is 12.8 Å². The van der Waals surface area contributed by atoms with Crippen LogP contribution < -0.4 is 0 Å². The molecule has 1 unspecified atom stereocenters. The lowest BCUT2D eigenvalue weighted by atomic mass is 10.1. The molecule has 0 aliphatic rings. The number of hydrogen-bond acceptors (Lipinski definition) is 6. The molecule has 1 atom stereocenters. The van der Waals surface area contributed by atoms with Gasteiger partial charge in [0.15, 0.2) is 5.25 Å². The smallest absolute Gasteiger partial charge is 0.327 e. The van der Waals surface area contributed by atoms with Crippen molar-refractivity contribution in [2.24, 2.45) is 0 Å². The third-order valence-corrected chi connectivity index (χ3v) is 5.06. The third kappa shape index (κ3) is 13.1. The van der Waals surface area contributed by atoms with E-state index in [4.69, 9.17) is 14.0 Å². The maximum atomic E-state index is 11.8. The second-order valence-corrected chi connectivity index (χ2v) is 8.02. The minimum absolute atomic E-state index is 0.0503. The maximum Gasteiger partial charge on any atom is 0.327 e. The monoisotopic (exact) mass is 394 g/mol. The maximum absolute atomic E-state index is 11.8. The van der Waals surface area contributed by atoms with Crippen LogP contribution in [0.4, 0.5) is 0 Å². The predicted octanol–water partition coefficient (Wildman–Crippen LogP) is 3.66. The fraction of sp³-hybridized carbons (Fsp3) is 0.889. The van der Waals surface area contributed by atoms with Crippen LogP contribution in [0.1, 0.15) is 84.5 Å². The quantitative estimate of drug-likeness (QED) is 0.242. The van der Waals surface area contributed by atoms with Crippen LogP contribution in [0.5, 0.6) is 0 Å². The van der Waals surface area contributed by atoms with Gasteiger partial charge in [-0.3, -0.25) is 14.1 Å². The standard InChI is InChI=1S/C18H34O7S/c1-3-5-7-8-9-10-11-12-14-24-17(19)15-16(26(21,22)23)18(20)25-13-6-4-2/h16H,3-15H2,1-2H3,(H,21,22,23). The van der Waals surface area contributed by atoms with Crippen LogP contribution in [0.2, 0.25) is 0 Å². The molecule has 0 heterocycles. The van der Waals surface area contributed by atoms with E-state index in [1.165, 1.54) is 25.7 Å². The van der Waals surface area contributed by atoms with Crippen molar-refractivity contribution in [3.05, 3.63) is 0 Å². The van der Waals surface area contributed by atoms with E-state index >= 15 is 0 Å². The Hall–Kier alpha value is -1.15. The first kappa shape index (κ1) is 24.8. The highest BCUT2D eigenvalue weighted by Gasteiger charge is 2.35. The van der Waals surface area contributed by atoms with Gasteiger partial charge in [-0.25, -0.2) is 0 Å². The molecular weight excluding hydrogens is 360 g/mol. The largest absolute Gasteiger partial charge is 0.466 e. The summed E-state index contributed by atoms with van der Waals surface area (Å²) in [6, 6.07) is 0. The Labute approximate surface area is 157 Å². The van der Waals surface area contributed by atoms with Crippen LogP contribution in [0.3, 0.4) is 0 Å². The highest BCUT2D eigenvalue weighted by Crippen LogP contribution is 2.11. The lowest BCUT2D eigenvalue weighted by molar-refractivity contribution is -0.150. The highest BCUT2D eigenvalue weighted by molar-refractivity contribution is 7.87. The molecule has 1 N–H and O–H groups in total. The Balaban J connectivity index is 4.05. The molecule has 0 aromatic carbocycles. The number of unbranched alkanes of at least 4 members (excludes halogenated alkanes) is 8. The summed E-state index contributed by atoms with van der Waals surface area (Å²) >= 11 is 0. The summed E-state index contributed by atoms with van der Waals surface area (Å²) in [6.07, 6.45) is 9.39. The van der Waals surface area contributed by atoms with E-state index in [9.17, 15) is 18.0 Å². The van der Waals surface area contributed by atoms with Gasteiger partial charge in [0.25, 0.3) is 10.1 Å². The molecule has 0 aliphatic carbocycles. The Kier molecular flexibility index (Phi) is 14.3. The van der Waals surface area contributed by atoms with Crippen molar-refractivity contribution in [2.45, 2.75) is 89.7 Å². The lowest BCUT2D eigenvalue weighted by Crippen LogP contribution is -2.34. The van der Waals surface area contributed by atoms with Crippen LogP contribution in [0.25, 0.3) is 0 Å². The molecule has 0 saturated carbocycles. The van der Waals surface area contributed by atoms with E-state index in [0.717, 1.165) is 25.7 Å². The summed E-state index contributed by atoms with van der Waals surface area (Å²) < 4.78 is 41.5. The van der Waals surface area contributed by atoms with Crippen molar-refractivity contribution in [2.75, 3.05) is 13.2 Å². The van der Waals surface area contributed by atoms with Gasteiger partial charge in [0.1, 0.15) is 0 Å². The Morgan fingerprint density at radius 3 is 1.85 bits per heavy atom. The van der Waals surface area contributed by atoms with Gasteiger partial charge in [-0.05, 0) is 12.8 Å². The van der Waals surface area contributed by atoms with Gasteiger partial charge in [0, 0.05) is 0 Å². The van der Waals surface area contributed by atoms with Gasteiger partial charge in [-0.1, -0.05) is 65.2 Å². The average molecular weight is 395 g/mol. The second-order valence-electron chi connectivity index (χ2n) is 6.42. The molecule has 0 saturated heterocycles. The van der Waals surface area contributed by atoms with Crippen LogP contribution in [0, 0.1) is 0 Å². The van der Waals surface area contributed by atoms with Gasteiger partial charge in [-0.2, -0.15) is 8.42 Å². The molecule has 0 spiro atoms. The van der Waals surface area contributed by atoms with Crippen molar-refractivity contribution in [1.82, 2.24) is 0 Å². The zero-order chi connectivity index (χ0) is 19.8. The number of rotatable bonds is 16. The fourth-order valence-corrected chi connectivity index (χ4v) is 3.01. The topological polar surface area (TPSA) is 107 Å². The van der Waals surface area contributed by atoms with Gasteiger partial charge in [-0.15, -0.1) is 0 Å². The van der Waals surface area contributed by atoms with Crippen molar-refractivity contribution < 1.29 is 32.0 Å². The summed E-state index contributed by atoms with van der Waals surface area (Å²) in [5, 5.41) is -1.93. The van der Waals surface area contributed by atoms with Gasteiger partial charge in [0.05, 0.1) is 19.6 Å². The number of hydrogen-bond donors (Lipinski definition) is 1. The number of carbonyl (C=O) groups excluding carboxylic acids is 2. The van der Waals surface area contributed by atoms with Gasteiger partial charge in [0.2, 0.25) is 0 Å². The molecule has 0 bridgehead atoms. The summed E-state index contributed by atoms with van der Waals surface area (Å²) in [7, 11) is -4.72. The summed E-state index contributed by atoms with van der Waals surface area (Å²) in [4.78, 5) is 23.5. The summed E-state index contributed by atoms with van der Waals surface area (Å²) in [6.45, 7) is 4.29. The molecule has 8 heteroatoms. The lowest BCUT2D eigenvalue weighted by Gasteiger charge is -2.13. The Morgan fingerprint density at radius 2 is 1.31 bits per heavy atom. The van der Waals surface area contributed by atoms with E-state index in [1.54, 1.807) is 0 Å². The highest BCUT2D eigenvalue weighted by atomic mass is 32.2. The summed E-state index contributed by atoms with van der Waals surface area (Å²) in [5.74, 6) is -1.95. The van der Waals surface area contributed by atoms with Crippen LogP contribution >= 0.6 is 0 Å². The van der Waals surface area contributed by atoms with Crippen LogP contribution in [0.15, 0.2) is 0 Å². The van der Waals surface area contributed by atoms with Gasteiger partial charge < -0.3 is 9.47 Å². The van der Waals surface area contributed by atoms with Crippen molar-refractivity contribution >= 4 is 22.1 Å². The van der Waals surface area contributed by atoms with E-state index in [1.807, 2.05) is 6.92 Å². The zero-order valence-corrected chi connectivity index (χ0v) is 16.9. The predicted molar refractivity (Wildman–Crippen MR) is 99.4 cm³/mol. The molecule has 26 heavy (non-hydrogen) atoms. The SMILES string of the molecule is CCCCCCCCCCOC(=O)CC(C(=O)OCCCC)S(=O)(=O)O. The first-order chi connectivity index (χ1) is 12.3. The van der Waals surface area contributed by atoms with Gasteiger partial charge >= 0.3 is 11.9 Å².